The minimum absolute atomic E-state index is 0.000529. The Balaban J connectivity index is 1.54. The Labute approximate surface area is 206 Å². The number of nitrogens with two attached hydrogens (primary N) is 1. The fraction of sp³-hybridized carbons (Fsp3) is 0.240. The zero-order valence-electron chi connectivity index (χ0n) is 19.6. The smallest absolute Gasteiger partial charge is 0.350 e. The molecule has 4 aromatic rings. The maximum Gasteiger partial charge on any atom is 0.350 e. The van der Waals surface area contributed by atoms with E-state index in [0.29, 0.717) is 30.4 Å². The monoisotopic (exact) mass is 486 g/mol. The predicted octanol–water partition coefficient (Wildman–Crippen LogP) is 2.31. The molecule has 11 nitrogen and oxygen atoms in total. The first-order chi connectivity index (χ1) is 17.5. The largest absolute Gasteiger partial charge is 0.488 e. The molecule has 0 saturated carbocycles. The van der Waals surface area contributed by atoms with Crippen LogP contribution in [0.2, 0.25) is 0 Å². The van der Waals surface area contributed by atoms with Crippen LogP contribution in [0.15, 0.2) is 65.7 Å². The quantitative estimate of drug-likeness (QED) is 0.218. The van der Waals surface area contributed by atoms with E-state index in [1.807, 2.05) is 37.3 Å². The van der Waals surface area contributed by atoms with Crippen molar-refractivity contribution < 1.29 is 9.47 Å². The SMILES string of the molecule is Cc1cc(O[C@H]2CCOC2)cc([C@@H](Nc2ccc(C(=N)N)cc2)c2nn(-c3ncccn3)c(=O)[nH]2)c1. The van der Waals surface area contributed by atoms with Crippen LogP contribution in [0.1, 0.15) is 35.0 Å². The van der Waals surface area contributed by atoms with Crippen molar-refractivity contribution in [3.05, 3.63) is 93.9 Å². The minimum Gasteiger partial charge on any atom is -0.488 e. The maximum absolute atomic E-state index is 12.8. The van der Waals surface area contributed by atoms with Crippen LogP contribution in [0.3, 0.4) is 0 Å². The van der Waals surface area contributed by atoms with E-state index in [-0.39, 0.29) is 17.9 Å². The van der Waals surface area contributed by atoms with E-state index >= 15 is 0 Å². The first-order valence-electron chi connectivity index (χ1n) is 11.5. The number of aromatic nitrogens is 5. The topological polar surface area (TPSA) is 157 Å². The van der Waals surface area contributed by atoms with Gasteiger partial charge < -0.3 is 20.5 Å². The summed E-state index contributed by atoms with van der Waals surface area (Å²) < 4.78 is 12.7. The van der Waals surface area contributed by atoms with Crippen LogP contribution in [0.25, 0.3) is 5.95 Å². The number of nitrogen functional groups attached to an aromatic ring is 1. The molecule has 184 valence electrons. The van der Waals surface area contributed by atoms with Gasteiger partial charge >= 0.3 is 5.69 Å². The molecule has 11 heteroatoms. The van der Waals surface area contributed by atoms with E-state index in [1.165, 1.54) is 0 Å². The molecule has 2 aromatic heterocycles. The Morgan fingerprint density at radius 2 is 2.03 bits per heavy atom. The van der Waals surface area contributed by atoms with Gasteiger partial charge in [-0.05, 0) is 60.5 Å². The number of hydrogen-bond acceptors (Lipinski definition) is 8. The highest BCUT2D eigenvalue weighted by Crippen LogP contribution is 2.29. The summed E-state index contributed by atoms with van der Waals surface area (Å²) in [6.45, 7) is 3.23. The predicted molar refractivity (Wildman–Crippen MR) is 134 cm³/mol. The van der Waals surface area contributed by atoms with Gasteiger partial charge in [0.15, 0.2) is 5.82 Å². The maximum atomic E-state index is 12.8. The van der Waals surface area contributed by atoms with Crippen LogP contribution in [0.4, 0.5) is 5.69 Å². The summed E-state index contributed by atoms with van der Waals surface area (Å²) in [6, 6.07) is 14.2. The molecule has 0 aliphatic carbocycles. The molecule has 1 fully saturated rings. The molecule has 1 aliphatic rings. The van der Waals surface area contributed by atoms with Crippen molar-refractivity contribution in [2.75, 3.05) is 18.5 Å². The minimum atomic E-state index is -0.534. The molecular weight excluding hydrogens is 460 g/mol. The van der Waals surface area contributed by atoms with E-state index in [2.05, 4.69) is 25.4 Å². The van der Waals surface area contributed by atoms with Gasteiger partial charge in [-0.25, -0.2) is 14.8 Å². The second kappa shape index (κ2) is 10.0. The van der Waals surface area contributed by atoms with Gasteiger partial charge in [0.25, 0.3) is 5.95 Å². The molecule has 36 heavy (non-hydrogen) atoms. The number of H-pyrrole nitrogens is 1. The molecule has 1 aliphatic heterocycles. The van der Waals surface area contributed by atoms with Gasteiger partial charge in [-0.15, -0.1) is 9.78 Å². The van der Waals surface area contributed by atoms with Crippen molar-refractivity contribution >= 4 is 11.5 Å². The van der Waals surface area contributed by atoms with Crippen molar-refractivity contribution in [3.63, 3.8) is 0 Å². The second-order valence-electron chi connectivity index (χ2n) is 8.53. The summed E-state index contributed by atoms with van der Waals surface area (Å²) in [5.41, 5.74) is 8.34. The standard InChI is InChI=1S/C25H26N8O3/c1-15-11-17(13-20(12-15)36-19-7-10-35-14-19)21(30-18-5-3-16(4-6-18)22(26)27)23-31-25(34)33(32-23)24-28-8-2-9-29-24/h2-6,8-9,11-13,19,21,30H,7,10,14H2,1H3,(H3,26,27)(H,31,32,34)/t19-,21+/m0/s1. The number of benzene rings is 2. The molecule has 0 amide bonds. The third kappa shape index (κ3) is 5.10. The number of aromatic amines is 1. The fourth-order valence-electron chi connectivity index (χ4n) is 4.04. The number of nitrogens with one attached hydrogen (secondary N) is 3. The van der Waals surface area contributed by atoms with Gasteiger partial charge in [0.05, 0.1) is 13.2 Å². The molecule has 1 saturated heterocycles. The Morgan fingerprint density at radius 3 is 2.72 bits per heavy atom. The molecule has 2 atom stereocenters. The van der Waals surface area contributed by atoms with E-state index in [1.54, 1.807) is 30.6 Å². The lowest BCUT2D eigenvalue weighted by molar-refractivity contribution is 0.141. The van der Waals surface area contributed by atoms with E-state index in [0.717, 1.165) is 27.9 Å². The zero-order chi connectivity index (χ0) is 25.1. The van der Waals surface area contributed by atoms with Crippen LogP contribution < -0.4 is 21.5 Å². The Kier molecular flexibility index (Phi) is 6.46. The van der Waals surface area contributed by atoms with Crippen molar-refractivity contribution in [3.8, 4) is 11.7 Å². The summed E-state index contributed by atoms with van der Waals surface area (Å²) in [7, 11) is 0. The van der Waals surface area contributed by atoms with Crippen LogP contribution in [-0.2, 0) is 4.74 Å². The highest BCUT2D eigenvalue weighted by molar-refractivity contribution is 5.95. The van der Waals surface area contributed by atoms with Gasteiger partial charge in [-0.2, -0.15) is 0 Å². The van der Waals surface area contributed by atoms with E-state index in [4.69, 9.17) is 20.6 Å². The summed E-state index contributed by atoms with van der Waals surface area (Å²) in [5, 5.41) is 15.6. The van der Waals surface area contributed by atoms with Gasteiger partial charge in [0, 0.05) is 30.1 Å². The summed E-state index contributed by atoms with van der Waals surface area (Å²) in [4.78, 5) is 23.9. The lowest BCUT2D eigenvalue weighted by atomic mass is 10.0. The molecule has 0 unspecified atom stereocenters. The van der Waals surface area contributed by atoms with Gasteiger partial charge in [0.2, 0.25) is 0 Å². The normalized spacial score (nSPS) is 16.0. The van der Waals surface area contributed by atoms with Crippen LogP contribution in [-0.4, -0.2) is 49.9 Å². The first kappa shape index (κ1) is 23.2. The number of ether oxygens (including phenoxy) is 2. The van der Waals surface area contributed by atoms with Crippen LogP contribution in [0, 0.1) is 12.3 Å². The van der Waals surface area contributed by atoms with Crippen molar-refractivity contribution in [2.24, 2.45) is 5.73 Å². The summed E-state index contributed by atoms with van der Waals surface area (Å²) in [6.07, 6.45) is 3.93. The average molecular weight is 487 g/mol. The van der Waals surface area contributed by atoms with Crippen molar-refractivity contribution in [2.45, 2.75) is 25.5 Å². The lowest BCUT2D eigenvalue weighted by Gasteiger charge is -2.21. The molecule has 5 rings (SSSR count). The number of amidine groups is 1. The summed E-state index contributed by atoms with van der Waals surface area (Å²) in [5.74, 6) is 1.25. The van der Waals surface area contributed by atoms with Crippen LogP contribution in [0.5, 0.6) is 5.75 Å². The number of hydrogen-bond donors (Lipinski definition) is 4. The molecule has 0 radical (unpaired) electrons. The number of nitrogens with zero attached hydrogens (tertiary/aromatic N) is 4. The Bertz CT molecular complexity index is 1410. The number of anilines is 1. The third-order valence-electron chi connectivity index (χ3n) is 5.75. The number of rotatable bonds is 8. The zero-order valence-corrected chi connectivity index (χ0v) is 19.6. The van der Waals surface area contributed by atoms with E-state index in [9.17, 15) is 4.79 Å². The summed E-state index contributed by atoms with van der Waals surface area (Å²) >= 11 is 0. The number of aryl methyl sites for hydroxylation is 1. The van der Waals surface area contributed by atoms with Gasteiger partial charge in [-0.3, -0.25) is 10.4 Å². The molecule has 5 N–H and O–H groups in total. The lowest BCUT2D eigenvalue weighted by Crippen LogP contribution is -2.18. The van der Waals surface area contributed by atoms with Gasteiger partial charge in [0.1, 0.15) is 23.7 Å². The van der Waals surface area contributed by atoms with Crippen LogP contribution >= 0.6 is 0 Å². The highest BCUT2D eigenvalue weighted by Gasteiger charge is 2.23. The highest BCUT2D eigenvalue weighted by atomic mass is 16.5. The van der Waals surface area contributed by atoms with Crippen molar-refractivity contribution in [1.29, 1.82) is 5.41 Å². The third-order valence-corrected chi connectivity index (χ3v) is 5.75. The molecular formula is C25H26N8O3. The Morgan fingerprint density at radius 1 is 1.25 bits per heavy atom. The molecule has 0 bridgehead atoms. The first-order valence-corrected chi connectivity index (χ1v) is 11.5. The van der Waals surface area contributed by atoms with Crippen molar-refractivity contribution in [1.82, 2.24) is 24.7 Å². The molecule has 0 spiro atoms. The second-order valence-corrected chi connectivity index (χ2v) is 8.53. The molecule has 2 aromatic carbocycles. The fourth-order valence-corrected chi connectivity index (χ4v) is 4.04. The van der Waals surface area contributed by atoms with E-state index < -0.39 is 11.7 Å². The Hall–Kier alpha value is -4.51. The van der Waals surface area contributed by atoms with Gasteiger partial charge in [-0.1, -0.05) is 6.07 Å². The average Bonchev–Trinajstić information content (AvgIpc) is 3.52. The molecule has 3 heterocycles.